The molecule has 1 heterocycles. The number of anilines is 4. The van der Waals surface area contributed by atoms with Crippen LogP contribution in [-0.2, 0) is 4.79 Å². The van der Waals surface area contributed by atoms with Crippen molar-refractivity contribution >= 4 is 34.7 Å². The number of nitrogens with one attached hydrogen (secondary N) is 3. The number of hydrogen-bond acceptors (Lipinski definition) is 5. The van der Waals surface area contributed by atoms with Gasteiger partial charge in [0.25, 0.3) is 5.91 Å². The van der Waals surface area contributed by atoms with Gasteiger partial charge in [0, 0.05) is 30.1 Å². The van der Waals surface area contributed by atoms with Gasteiger partial charge in [0.2, 0.25) is 5.91 Å². The van der Waals surface area contributed by atoms with Gasteiger partial charge in [-0.2, -0.15) is 0 Å². The predicted octanol–water partition coefficient (Wildman–Crippen LogP) is 4.36. The fourth-order valence-electron chi connectivity index (χ4n) is 2.88. The van der Waals surface area contributed by atoms with Gasteiger partial charge in [-0.3, -0.25) is 9.59 Å². The van der Waals surface area contributed by atoms with Crippen molar-refractivity contribution in [1.82, 2.24) is 9.97 Å². The fraction of sp³-hybridized carbons (Fsp3) is 0.182. The minimum atomic E-state index is -0.300. The van der Waals surface area contributed by atoms with E-state index in [0.717, 1.165) is 22.5 Å². The number of aryl methyl sites for hydroxylation is 3. The van der Waals surface area contributed by atoms with Crippen LogP contribution in [-0.4, -0.2) is 21.8 Å². The molecule has 148 valence electrons. The Kier molecular flexibility index (Phi) is 5.87. The first-order valence-electron chi connectivity index (χ1n) is 9.19. The monoisotopic (exact) mass is 389 g/mol. The van der Waals surface area contributed by atoms with Crippen molar-refractivity contribution in [3.05, 3.63) is 71.2 Å². The van der Waals surface area contributed by atoms with E-state index in [1.165, 1.54) is 6.92 Å². The number of carbonyl (C=O) groups excluding carboxylic acids is 2. The molecule has 0 aliphatic heterocycles. The van der Waals surface area contributed by atoms with Crippen molar-refractivity contribution in [3.63, 3.8) is 0 Å². The van der Waals surface area contributed by atoms with Gasteiger partial charge in [0.1, 0.15) is 17.3 Å². The molecular weight excluding hydrogens is 366 g/mol. The van der Waals surface area contributed by atoms with E-state index in [1.54, 1.807) is 25.1 Å². The number of hydrogen-bond donors (Lipinski definition) is 3. The highest BCUT2D eigenvalue weighted by Gasteiger charge is 2.12. The smallest absolute Gasteiger partial charge is 0.274 e. The molecule has 3 N–H and O–H groups in total. The number of amides is 2. The zero-order valence-electron chi connectivity index (χ0n) is 16.8. The first-order chi connectivity index (χ1) is 13.8. The van der Waals surface area contributed by atoms with Crippen molar-refractivity contribution < 1.29 is 9.59 Å². The Balaban J connectivity index is 1.76. The minimum absolute atomic E-state index is 0.128. The molecule has 7 heteroatoms. The number of benzene rings is 2. The average molecular weight is 389 g/mol. The summed E-state index contributed by atoms with van der Waals surface area (Å²) in [5.41, 5.74) is 4.62. The number of rotatable bonds is 5. The molecule has 2 aromatic carbocycles. The summed E-state index contributed by atoms with van der Waals surface area (Å²) in [7, 11) is 0. The van der Waals surface area contributed by atoms with Crippen LogP contribution in [0.4, 0.5) is 22.9 Å². The SMILES string of the molecule is CC(=O)Nc1ccc(Nc2cc(C(=O)Nc3ccc(C)cc3C)nc(C)n2)cc1. The second-order valence-electron chi connectivity index (χ2n) is 6.84. The van der Waals surface area contributed by atoms with Gasteiger partial charge in [-0.15, -0.1) is 0 Å². The fourth-order valence-corrected chi connectivity index (χ4v) is 2.88. The highest BCUT2D eigenvalue weighted by molar-refractivity contribution is 6.03. The van der Waals surface area contributed by atoms with E-state index in [4.69, 9.17) is 0 Å². The lowest BCUT2D eigenvalue weighted by Gasteiger charge is -2.11. The standard InChI is InChI=1S/C22H23N5O2/c1-13-5-10-19(14(2)11-13)27-22(29)20-12-21(24-15(3)23-20)26-18-8-6-17(7-9-18)25-16(4)28/h5-12H,1-4H3,(H,25,28)(H,27,29)(H,23,24,26). The van der Waals surface area contributed by atoms with Gasteiger partial charge in [0.15, 0.2) is 0 Å². The van der Waals surface area contributed by atoms with Crippen LogP contribution in [0.2, 0.25) is 0 Å². The summed E-state index contributed by atoms with van der Waals surface area (Å²) in [4.78, 5) is 32.4. The van der Waals surface area contributed by atoms with Crippen molar-refractivity contribution in [1.29, 1.82) is 0 Å². The molecule has 0 saturated heterocycles. The van der Waals surface area contributed by atoms with Gasteiger partial charge in [-0.1, -0.05) is 17.7 Å². The summed E-state index contributed by atoms with van der Waals surface area (Å²) in [6.07, 6.45) is 0. The van der Waals surface area contributed by atoms with E-state index < -0.39 is 0 Å². The maximum Gasteiger partial charge on any atom is 0.274 e. The lowest BCUT2D eigenvalue weighted by molar-refractivity contribution is -0.114. The third kappa shape index (κ3) is 5.38. The molecule has 0 atom stereocenters. The number of carbonyl (C=O) groups is 2. The van der Waals surface area contributed by atoms with Crippen molar-refractivity contribution in [3.8, 4) is 0 Å². The molecule has 0 fully saturated rings. The summed E-state index contributed by atoms with van der Waals surface area (Å²) in [6.45, 7) is 7.15. The zero-order chi connectivity index (χ0) is 21.0. The molecule has 0 saturated carbocycles. The van der Waals surface area contributed by atoms with Crippen LogP contribution in [0, 0.1) is 20.8 Å². The van der Waals surface area contributed by atoms with Crippen molar-refractivity contribution in [2.45, 2.75) is 27.7 Å². The Labute approximate surface area is 169 Å². The summed E-state index contributed by atoms with van der Waals surface area (Å²) >= 11 is 0. The van der Waals surface area contributed by atoms with Crippen LogP contribution in [0.15, 0.2) is 48.5 Å². The van der Waals surface area contributed by atoms with Crippen LogP contribution >= 0.6 is 0 Å². The quantitative estimate of drug-likeness (QED) is 0.603. The maximum atomic E-state index is 12.7. The summed E-state index contributed by atoms with van der Waals surface area (Å²) in [5.74, 6) is 0.564. The molecule has 0 aliphatic carbocycles. The molecule has 0 bridgehead atoms. The molecule has 3 rings (SSSR count). The highest BCUT2D eigenvalue weighted by Crippen LogP contribution is 2.20. The zero-order valence-corrected chi connectivity index (χ0v) is 16.8. The summed E-state index contributed by atoms with van der Waals surface area (Å²) in [5, 5.41) is 8.77. The molecular formula is C22H23N5O2. The lowest BCUT2D eigenvalue weighted by Crippen LogP contribution is -2.16. The van der Waals surface area contributed by atoms with Crippen LogP contribution in [0.3, 0.4) is 0 Å². The van der Waals surface area contributed by atoms with Crippen LogP contribution in [0.1, 0.15) is 34.4 Å². The predicted molar refractivity (Wildman–Crippen MR) is 115 cm³/mol. The second-order valence-corrected chi connectivity index (χ2v) is 6.84. The third-order valence-corrected chi connectivity index (χ3v) is 4.18. The minimum Gasteiger partial charge on any atom is -0.340 e. The lowest BCUT2D eigenvalue weighted by atomic mass is 10.1. The molecule has 2 amide bonds. The van der Waals surface area contributed by atoms with E-state index in [0.29, 0.717) is 17.3 Å². The normalized spacial score (nSPS) is 10.3. The molecule has 0 aliphatic rings. The largest absolute Gasteiger partial charge is 0.340 e. The van der Waals surface area contributed by atoms with Crippen molar-refractivity contribution in [2.24, 2.45) is 0 Å². The van der Waals surface area contributed by atoms with Gasteiger partial charge in [0.05, 0.1) is 0 Å². The van der Waals surface area contributed by atoms with Gasteiger partial charge < -0.3 is 16.0 Å². The highest BCUT2D eigenvalue weighted by atomic mass is 16.2. The Morgan fingerprint density at radius 3 is 2.17 bits per heavy atom. The molecule has 3 aromatic rings. The van der Waals surface area contributed by atoms with Gasteiger partial charge in [-0.05, 0) is 56.7 Å². The van der Waals surface area contributed by atoms with E-state index in [9.17, 15) is 9.59 Å². The Hall–Kier alpha value is -3.74. The third-order valence-electron chi connectivity index (χ3n) is 4.18. The molecule has 0 spiro atoms. The first kappa shape index (κ1) is 20.0. The van der Waals surface area contributed by atoms with E-state index in [1.807, 2.05) is 44.2 Å². The average Bonchev–Trinajstić information content (AvgIpc) is 2.64. The topological polar surface area (TPSA) is 96.0 Å². The second kappa shape index (κ2) is 8.52. The molecule has 29 heavy (non-hydrogen) atoms. The number of nitrogens with zero attached hydrogens (tertiary/aromatic N) is 2. The molecule has 7 nitrogen and oxygen atoms in total. The van der Waals surface area contributed by atoms with E-state index in [2.05, 4.69) is 25.9 Å². The molecule has 1 aromatic heterocycles. The number of aromatic nitrogens is 2. The van der Waals surface area contributed by atoms with E-state index in [-0.39, 0.29) is 17.5 Å². The Morgan fingerprint density at radius 1 is 0.828 bits per heavy atom. The van der Waals surface area contributed by atoms with E-state index >= 15 is 0 Å². The van der Waals surface area contributed by atoms with Crippen molar-refractivity contribution in [2.75, 3.05) is 16.0 Å². The molecule has 0 unspecified atom stereocenters. The molecule has 0 radical (unpaired) electrons. The van der Waals surface area contributed by atoms with Crippen LogP contribution in [0.5, 0.6) is 0 Å². The maximum absolute atomic E-state index is 12.7. The Morgan fingerprint density at radius 2 is 1.52 bits per heavy atom. The van der Waals surface area contributed by atoms with Crippen LogP contribution in [0.25, 0.3) is 0 Å². The first-order valence-corrected chi connectivity index (χ1v) is 9.19. The van der Waals surface area contributed by atoms with Gasteiger partial charge >= 0.3 is 0 Å². The van der Waals surface area contributed by atoms with Gasteiger partial charge in [-0.25, -0.2) is 9.97 Å². The Bertz CT molecular complexity index is 1060. The summed E-state index contributed by atoms with van der Waals surface area (Å²) < 4.78 is 0. The van der Waals surface area contributed by atoms with Crippen LogP contribution < -0.4 is 16.0 Å². The summed E-state index contributed by atoms with van der Waals surface area (Å²) in [6, 6.07) is 14.7.